The Hall–Kier alpha value is -1.50. The lowest BCUT2D eigenvalue weighted by molar-refractivity contribution is 0.822. The van der Waals surface area contributed by atoms with E-state index in [1.807, 2.05) is 0 Å². The van der Waals surface area contributed by atoms with Crippen LogP contribution in [0.2, 0.25) is 0 Å². The minimum absolute atomic E-state index is 1.17. The molecular formula is C15H19N. The number of nitrogens with one attached hydrogen (secondary N) is 1. The van der Waals surface area contributed by atoms with Crippen LogP contribution < -0.4 is 0 Å². The van der Waals surface area contributed by atoms with E-state index in [1.54, 1.807) is 0 Å². The van der Waals surface area contributed by atoms with Gasteiger partial charge in [0, 0.05) is 11.2 Å². The Morgan fingerprint density at radius 3 is 2.81 bits per heavy atom. The fraction of sp³-hybridized carbons (Fsp3) is 0.333. The highest BCUT2D eigenvalue weighted by molar-refractivity contribution is 5.84. The third-order valence-corrected chi connectivity index (χ3v) is 3.02. The molecule has 2 rings (SSSR count). The van der Waals surface area contributed by atoms with Crippen LogP contribution in [0.3, 0.4) is 0 Å². The van der Waals surface area contributed by atoms with E-state index in [0.717, 1.165) is 0 Å². The Labute approximate surface area is 97.2 Å². The van der Waals surface area contributed by atoms with Gasteiger partial charge in [-0.25, -0.2) is 0 Å². The molecule has 0 spiro atoms. The lowest BCUT2D eigenvalue weighted by Gasteiger charge is -2.02. The van der Waals surface area contributed by atoms with Gasteiger partial charge in [0.25, 0.3) is 0 Å². The SMILES string of the molecule is C/C=C(\CCCC)c1cc2ccccc2[nH]1. The van der Waals surface area contributed by atoms with Gasteiger partial charge in [0.1, 0.15) is 0 Å². The molecule has 2 aromatic rings. The number of H-pyrrole nitrogens is 1. The topological polar surface area (TPSA) is 15.8 Å². The maximum absolute atomic E-state index is 3.49. The first-order valence-corrected chi connectivity index (χ1v) is 6.08. The molecule has 0 bridgehead atoms. The largest absolute Gasteiger partial charge is 0.355 e. The second-order valence-electron chi connectivity index (χ2n) is 4.19. The number of benzene rings is 1. The van der Waals surface area contributed by atoms with Gasteiger partial charge in [-0.05, 0) is 42.9 Å². The highest BCUT2D eigenvalue weighted by Crippen LogP contribution is 2.24. The number of aromatic amines is 1. The zero-order valence-electron chi connectivity index (χ0n) is 10.1. The van der Waals surface area contributed by atoms with E-state index in [4.69, 9.17) is 0 Å². The summed E-state index contributed by atoms with van der Waals surface area (Å²) in [5.74, 6) is 0. The second kappa shape index (κ2) is 5.02. The maximum Gasteiger partial charge on any atom is 0.0458 e. The number of fused-ring (bicyclic) bond motifs is 1. The van der Waals surface area contributed by atoms with Crippen molar-refractivity contribution in [3.05, 3.63) is 42.1 Å². The number of hydrogen-bond donors (Lipinski definition) is 1. The van der Waals surface area contributed by atoms with Gasteiger partial charge in [-0.2, -0.15) is 0 Å². The van der Waals surface area contributed by atoms with Crippen LogP contribution in [0.25, 0.3) is 16.5 Å². The van der Waals surface area contributed by atoms with Crippen molar-refractivity contribution in [1.82, 2.24) is 4.98 Å². The molecule has 0 saturated carbocycles. The van der Waals surface area contributed by atoms with Crippen molar-refractivity contribution in [1.29, 1.82) is 0 Å². The molecule has 16 heavy (non-hydrogen) atoms. The first kappa shape index (κ1) is 11.0. The van der Waals surface area contributed by atoms with Crippen molar-refractivity contribution in [2.45, 2.75) is 33.1 Å². The van der Waals surface area contributed by atoms with Gasteiger partial charge >= 0.3 is 0 Å². The van der Waals surface area contributed by atoms with E-state index in [2.05, 4.69) is 55.2 Å². The van der Waals surface area contributed by atoms with Gasteiger partial charge in [-0.15, -0.1) is 0 Å². The molecule has 0 fully saturated rings. The van der Waals surface area contributed by atoms with Crippen molar-refractivity contribution in [2.75, 3.05) is 0 Å². The molecule has 1 N–H and O–H groups in total. The molecule has 0 unspecified atom stereocenters. The van der Waals surface area contributed by atoms with Crippen LogP contribution in [-0.4, -0.2) is 4.98 Å². The molecule has 84 valence electrons. The van der Waals surface area contributed by atoms with Gasteiger partial charge in [-0.3, -0.25) is 0 Å². The molecule has 0 aliphatic carbocycles. The van der Waals surface area contributed by atoms with Gasteiger partial charge in [0.15, 0.2) is 0 Å². The monoisotopic (exact) mass is 213 g/mol. The van der Waals surface area contributed by atoms with Gasteiger partial charge in [0.2, 0.25) is 0 Å². The normalized spacial score (nSPS) is 12.2. The zero-order valence-corrected chi connectivity index (χ0v) is 10.1. The molecule has 0 amide bonds. The number of allylic oxidation sites excluding steroid dienone is 2. The number of rotatable bonds is 4. The van der Waals surface area contributed by atoms with Crippen LogP contribution in [0.1, 0.15) is 38.8 Å². The van der Waals surface area contributed by atoms with E-state index >= 15 is 0 Å². The molecule has 1 nitrogen and oxygen atoms in total. The second-order valence-corrected chi connectivity index (χ2v) is 4.19. The van der Waals surface area contributed by atoms with E-state index in [0.29, 0.717) is 0 Å². The third kappa shape index (κ3) is 2.19. The summed E-state index contributed by atoms with van der Waals surface area (Å²) in [6, 6.07) is 10.7. The standard InChI is InChI=1S/C15H19N/c1-3-5-8-12(4-2)15-11-13-9-6-7-10-14(13)16-15/h4,6-7,9-11,16H,3,5,8H2,1-2H3/b12-4+. The lowest BCUT2D eigenvalue weighted by atomic mass is 10.1. The first-order valence-electron chi connectivity index (χ1n) is 6.08. The number of unbranched alkanes of at least 4 members (excludes halogenated alkanes) is 1. The number of aromatic nitrogens is 1. The predicted octanol–water partition coefficient (Wildman–Crippen LogP) is 4.76. The first-order chi connectivity index (χ1) is 7.85. The third-order valence-electron chi connectivity index (χ3n) is 3.02. The summed E-state index contributed by atoms with van der Waals surface area (Å²) in [5, 5.41) is 1.30. The summed E-state index contributed by atoms with van der Waals surface area (Å²) in [7, 11) is 0. The number of para-hydroxylation sites is 1. The fourth-order valence-electron chi connectivity index (χ4n) is 2.05. The van der Waals surface area contributed by atoms with E-state index in [9.17, 15) is 0 Å². The Morgan fingerprint density at radius 2 is 2.12 bits per heavy atom. The lowest BCUT2D eigenvalue weighted by Crippen LogP contribution is -1.84. The van der Waals surface area contributed by atoms with Crippen molar-refractivity contribution >= 4 is 16.5 Å². The summed E-state index contributed by atoms with van der Waals surface area (Å²) in [4.78, 5) is 3.49. The van der Waals surface area contributed by atoms with E-state index < -0.39 is 0 Å². The molecule has 0 saturated heterocycles. The maximum atomic E-state index is 3.49. The molecule has 0 aliphatic rings. The summed E-state index contributed by atoms with van der Waals surface area (Å²) in [6.45, 7) is 4.36. The average molecular weight is 213 g/mol. The van der Waals surface area contributed by atoms with Crippen molar-refractivity contribution in [3.8, 4) is 0 Å². The molecular weight excluding hydrogens is 194 g/mol. The van der Waals surface area contributed by atoms with Crippen LogP contribution in [0.5, 0.6) is 0 Å². The molecule has 1 aromatic carbocycles. The van der Waals surface area contributed by atoms with Crippen molar-refractivity contribution in [2.24, 2.45) is 0 Å². The highest BCUT2D eigenvalue weighted by atomic mass is 14.7. The van der Waals surface area contributed by atoms with Gasteiger partial charge in [-0.1, -0.05) is 37.6 Å². The van der Waals surface area contributed by atoms with E-state index in [1.165, 1.54) is 41.4 Å². The Balaban J connectivity index is 2.31. The molecule has 1 heteroatoms. The molecule has 0 radical (unpaired) electrons. The molecule has 0 atom stereocenters. The van der Waals surface area contributed by atoms with Crippen molar-refractivity contribution < 1.29 is 0 Å². The quantitative estimate of drug-likeness (QED) is 0.753. The summed E-state index contributed by atoms with van der Waals surface area (Å²) < 4.78 is 0. The molecule has 0 aliphatic heterocycles. The van der Waals surface area contributed by atoms with Gasteiger partial charge in [0.05, 0.1) is 0 Å². The Morgan fingerprint density at radius 1 is 1.31 bits per heavy atom. The van der Waals surface area contributed by atoms with Crippen LogP contribution in [0.15, 0.2) is 36.4 Å². The van der Waals surface area contributed by atoms with Crippen LogP contribution >= 0.6 is 0 Å². The van der Waals surface area contributed by atoms with Gasteiger partial charge < -0.3 is 4.98 Å². The van der Waals surface area contributed by atoms with Crippen LogP contribution in [0.4, 0.5) is 0 Å². The van der Waals surface area contributed by atoms with Crippen LogP contribution in [0, 0.1) is 0 Å². The zero-order chi connectivity index (χ0) is 11.4. The van der Waals surface area contributed by atoms with Crippen LogP contribution in [-0.2, 0) is 0 Å². The average Bonchev–Trinajstić information content (AvgIpc) is 2.73. The summed E-state index contributed by atoms with van der Waals surface area (Å²) in [5.41, 5.74) is 3.93. The summed E-state index contributed by atoms with van der Waals surface area (Å²) in [6.07, 6.45) is 5.90. The predicted molar refractivity (Wildman–Crippen MR) is 71.5 cm³/mol. The van der Waals surface area contributed by atoms with Crippen molar-refractivity contribution in [3.63, 3.8) is 0 Å². The minimum atomic E-state index is 1.17. The Bertz CT molecular complexity index is 458. The molecule has 1 heterocycles. The Kier molecular flexibility index (Phi) is 3.45. The minimum Gasteiger partial charge on any atom is -0.355 e. The summed E-state index contributed by atoms with van der Waals surface area (Å²) >= 11 is 0. The molecule has 1 aromatic heterocycles. The smallest absolute Gasteiger partial charge is 0.0458 e. The van der Waals surface area contributed by atoms with E-state index in [-0.39, 0.29) is 0 Å². The highest BCUT2D eigenvalue weighted by Gasteiger charge is 2.04. The fourth-order valence-corrected chi connectivity index (χ4v) is 2.05. The number of hydrogen-bond acceptors (Lipinski definition) is 0.